The lowest BCUT2D eigenvalue weighted by Crippen LogP contribution is -2.54. The van der Waals surface area contributed by atoms with Gasteiger partial charge >= 0.3 is 0 Å². The Labute approximate surface area is 291 Å². The lowest BCUT2D eigenvalue weighted by molar-refractivity contribution is -0.921. The number of quaternary nitrogens is 1. The molecule has 1 unspecified atom stereocenters. The maximum Gasteiger partial charge on any atom is 0.279 e. The van der Waals surface area contributed by atoms with E-state index in [0.29, 0.717) is 33.0 Å². The van der Waals surface area contributed by atoms with E-state index in [9.17, 15) is 9.59 Å². The minimum Gasteiger partial charge on any atom is -0.382 e. The SMILES string of the molecule is CCOCCC[N+](CCCCCCN1CCCCC1C(=O)Nc1c(C)cccc1C)(CCCOCC)CC(=O)Nc1c(C)cccc1C. The molecule has 268 valence electrons. The molecule has 0 spiro atoms. The van der Waals surface area contributed by atoms with E-state index in [1.54, 1.807) is 0 Å². The Balaban J connectivity index is 1.59. The first-order chi connectivity index (χ1) is 23.2. The molecule has 8 nitrogen and oxygen atoms in total. The van der Waals surface area contributed by atoms with Crippen LogP contribution >= 0.6 is 0 Å². The number of rotatable bonds is 22. The van der Waals surface area contributed by atoms with Crippen molar-refractivity contribution in [3.8, 4) is 0 Å². The maximum absolute atomic E-state index is 13.6. The van der Waals surface area contributed by atoms with Crippen LogP contribution in [-0.2, 0) is 19.1 Å². The number of benzene rings is 2. The van der Waals surface area contributed by atoms with Gasteiger partial charge in [-0.2, -0.15) is 0 Å². The molecule has 0 saturated carbocycles. The number of hydrogen-bond donors (Lipinski definition) is 2. The Bertz CT molecular complexity index is 1210. The fourth-order valence-electron chi connectivity index (χ4n) is 7.25. The molecule has 1 fully saturated rings. The number of hydrogen-bond acceptors (Lipinski definition) is 5. The van der Waals surface area contributed by atoms with Crippen molar-refractivity contribution in [2.24, 2.45) is 0 Å². The van der Waals surface area contributed by atoms with Crippen LogP contribution < -0.4 is 10.6 Å². The standard InChI is InChI=1S/C40H64N4O4/c1-7-47-29-17-27-44(28-18-30-48-8-2,31-37(45)41-38-32(3)19-15-20-33(38)4)26-14-10-9-12-24-43-25-13-11-23-36(43)40(46)42-39-34(5)21-16-22-35(39)6/h15-16,19-22,36H,7-14,17-18,23-31H2,1-6H3,(H-,41,42,45,46)/p+1. The molecule has 2 aromatic rings. The predicted molar refractivity (Wildman–Crippen MR) is 199 cm³/mol. The highest BCUT2D eigenvalue weighted by Crippen LogP contribution is 2.24. The van der Waals surface area contributed by atoms with Gasteiger partial charge in [-0.1, -0.05) is 49.2 Å². The van der Waals surface area contributed by atoms with Gasteiger partial charge in [0.2, 0.25) is 5.91 Å². The third-order valence-electron chi connectivity index (χ3n) is 9.95. The lowest BCUT2D eigenvalue weighted by atomic mass is 10.00. The number of carbonyl (C=O) groups excluding carboxylic acids is 2. The van der Waals surface area contributed by atoms with Gasteiger partial charge in [0.25, 0.3) is 5.91 Å². The molecule has 1 saturated heterocycles. The molecule has 0 bridgehead atoms. The molecule has 2 N–H and O–H groups in total. The van der Waals surface area contributed by atoms with Gasteiger partial charge in [0.05, 0.1) is 38.9 Å². The highest BCUT2D eigenvalue weighted by atomic mass is 16.5. The van der Waals surface area contributed by atoms with Crippen molar-refractivity contribution in [2.75, 3.05) is 76.3 Å². The topological polar surface area (TPSA) is 79.9 Å². The average molecular weight is 666 g/mol. The Morgan fingerprint density at radius 2 is 1.25 bits per heavy atom. The average Bonchev–Trinajstić information content (AvgIpc) is 3.06. The monoisotopic (exact) mass is 666 g/mol. The summed E-state index contributed by atoms with van der Waals surface area (Å²) in [6.07, 6.45) is 9.41. The van der Waals surface area contributed by atoms with Crippen molar-refractivity contribution in [2.45, 2.75) is 105 Å². The highest BCUT2D eigenvalue weighted by Gasteiger charge is 2.31. The Hall–Kier alpha value is -2.78. The van der Waals surface area contributed by atoms with Gasteiger partial charge in [0.15, 0.2) is 6.54 Å². The summed E-state index contributed by atoms with van der Waals surface area (Å²) in [4.78, 5) is 29.5. The van der Waals surface area contributed by atoms with Gasteiger partial charge in [-0.05, 0) is 109 Å². The minimum atomic E-state index is -0.0619. The third kappa shape index (κ3) is 12.9. The summed E-state index contributed by atoms with van der Waals surface area (Å²) < 4.78 is 12.2. The van der Waals surface area contributed by atoms with Gasteiger partial charge in [-0.15, -0.1) is 0 Å². The van der Waals surface area contributed by atoms with E-state index in [-0.39, 0.29) is 17.9 Å². The summed E-state index contributed by atoms with van der Waals surface area (Å²) in [7, 11) is 0. The van der Waals surface area contributed by atoms with Crippen molar-refractivity contribution in [3.05, 3.63) is 58.7 Å². The van der Waals surface area contributed by atoms with E-state index in [1.165, 1.54) is 0 Å². The van der Waals surface area contributed by atoms with E-state index < -0.39 is 0 Å². The molecule has 3 rings (SSSR count). The van der Waals surface area contributed by atoms with Crippen LogP contribution in [0.15, 0.2) is 36.4 Å². The number of nitrogens with one attached hydrogen (secondary N) is 2. The molecule has 48 heavy (non-hydrogen) atoms. The smallest absolute Gasteiger partial charge is 0.279 e. The molecule has 2 aromatic carbocycles. The zero-order valence-electron chi connectivity index (χ0n) is 31.0. The van der Waals surface area contributed by atoms with Gasteiger partial charge in [-0.3, -0.25) is 14.5 Å². The maximum atomic E-state index is 13.6. The van der Waals surface area contributed by atoms with Crippen LogP contribution in [-0.4, -0.2) is 92.9 Å². The van der Waals surface area contributed by atoms with E-state index in [4.69, 9.17) is 9.47 Å². The number of anilines is 2. The Kier molecular flexibility index (Phi) is 17.6. The summed E-state index contributed by atoms with van der Waals surface area (Å²) in [5.74, 6) is 0.211. The van der Waals surface area contributed by atoms with E-state index in [2.05, 4.69) is 67.5 Å². The number of nitrogens with zero attached hydrogens (tertiary/aromatic N) is 2. The molecule has 0 radical (unpaired) electrons. The highest BCUT2D eigenvalue weighted by molar-refractivity contribution is 5.96. The van der Waals surface area contributed by atoms with Crippen molar-refractivity contribution >= 4 is 23.2 Å². The quantitative estimate of drug-likeness (QED) is 0.100. The molecule has 0 aliphatic carbocycles. The van der Waals surface area contributed by atoms with Crippen LogP contribution in [0.25, 0.3) is 0 Å². The zero-order chi connectivity index (χ0) is 34.8. The number of aryl methyl sites for hydroxylation is 4. The second-order valence-electron chi connectivity index (χ2n) is 13.8. The van der Waals surface area contributed by atoms with Gasteiger partial charge in [0.1, 0.15) is 0 Å². The molecule has 2 amide bonds. The summed E-state index contributed by atoms with van der Waals surface area (Å²) in [5, 5.41) is 6.52. The Morgan fingerprint density at radius 1 is 0.729 bits per heavy atom. The van der Waals surface area contributed by atoms with Crippen LogP contribution in [0.4, 0.5) is 11.4 Å². The predicted octanol–water partition coefficient (Wildman–Crippen LogP) is 7.58. The number of piperidine rings is 1. The number of likely N-dealkylation sites (tertiary alicyclic amines) is 1. The fourth-order valence-corrected chi connectivity index (χ4v) is 7.25. The van der Waals surface area contributed by atoms with E-state index in [0.717, 1.165) is 129 Å². The molecule has 8 heteroatoms. The van der Waals surface area contributed by atoms with E-state index in [1.807, 2.05) is 26.0 Å². The van der Waals surface area contributed by atoms with Crippen molar-refractivity contribution in [3.63, 3.8) is 0 Å². The van der Waals surface area contributed by atoms with Crippen LogP contribution in [0.5, 0.6) is 0 Å². The molecule has 1 aliphatic rings. The van der Waals surface area contributed by atoms with Gasteiger partial charge in [0, 0.05) is 37.4 Å². The van der Waals surface area contributed by atoms with Gasteiger partial charge in [-0.25, -0.2) is 0 Å². The normalized spacial score (nSPS) is 15.4. The number of ether oxygens (including phenoxy) is 2. The second-order valence-corrected chi connectivity index (χ2v) is 13.8. The lowest BCUT2D eigenvalue weighted by Gasteiger charge is -2.39. The van der Waals surface area contributed by atoms with Crippen LogP contribution in [0.2, 0.25) is 0 Å². The summed E-state index contributed by atoms with van der Waals surface area (Å²) >= 11 is 0. The molecule has 0 aromatic heterocycles. The van der Waals surface area contributed by atoms with Crippen LogP contribution in [0.1, 0.15) is 93.9 Å². The molecular weight excluding hydrogens is 600 g/mol. The summed E-state index contributed by atoms with van der Waals surface area (Å²) in [5.41, 5.74) is 6.29. The zero-order valence-corrected chi connectivity index (χ0v) is 31.0. The minimum absolute atomic E-state index is 0.0619. The number of carbonyl (C=O) groups is 2. The largest absolute Gasteiger partial charge is 0.382 e. The third-order valence-corrected chi connectivity index (χ3v) is 9.95. The molecular formula is C40H65N4O4+. The fraction of sp³-hybridized carbons (Fsp3) is 0.650. The second kappa shape index (κ2) is 21.3. The van der Waals surface area contributed by atoms with Crippen LogP contribution in [0, 0.1) is 27.7 Å². The van der Waals surface area contributed by atoms with Gasteiger partial charge < -0.3 is 24.6 Å². The first-order valence-corrected chi connectivity index (χ1v) is 18.7. The molecule has 1 heterocycles. The van der Waals surface area contributed by atoms with E-state index >= 15 is 0 Å². The van der Waals surface area contributed by atoms with Crippen molar-refractivity contribution in [1.82, 2.24) is 4.90 Å². The summed E-state index contributed by atoms with van der Waals surface area (Å²) in [6.45, 7) is 20.3. The number of unbranched alkanes of at least 4 members (excludes halogenated alkanes) is 3. The molecule has 1 atom stereocenters. The van der Waals surface area contributed by atoms with Crippen molar-refractivity contribution in [1.29, 1.82) is 0 Å². The summed E-state index contributed by atoms with van der Waals surface area (Å²) in [6, 6.07) is 12.2. The van der Waals surface area contributed by atoms with Crippen LogP contribution in [0.3, 0.4) is 0 Å². The molecule has 1 aliphatic heterocycles. The first-order valence-electron chi connectivity index (χ1n) is 18.7. The van der Waals surface area contributed by atoms with Crippen molar-refractivity contribution < 1.29 is 23.5 Å². The Morgan fingerprint density at radius 3 is 1.81 bits per heavy atom. The number of para-hydroxylation sites is 2. The first kappa shape index (κ1) is 39.7. The number of amides is 2.